The fourth-order valence-electron chi connectivity index (χ4n) is 3.79. The Morgan fingerprint density at radius 3 is 2.69 bits per heavy atom. The number of hydrogen-bond acceptors (Lipinski definition) is 7. The van der Waals surface area contributed by atoms with Gasteiger partial charge in [-0.15, -0.1) is 0 Å². The van der Waals surface area contributed by atoms with E-state index in [9.17, 15) is 18.4 Å². The Morgan fingerprint density at radius 1 is 1.28 bits per heavy atom. The smallest absolute Gasteiger partial charge is 0.269 e. The molecule has 0 saturated carbocycles. The number of carbonyl (C=O) groups excluding carboxylic acids is 2. The van der Waals surface area contributed by atoms with Crippen LogP contribution in [0.4, 0.5) is 20.2 Å². The molecule has 4 heterocycles. The van der Waals surface area contributed by atoms with Gasteiger partial charge in [0, 0.05) is 51.5 Å². The number of hydrogen-bond donors (Lipinski definition) is 2. The van der Waals surface area contributed by atoms with Gasteiger partial charge in [-0.3, -0.25) is 14.5 Å². The molecule has 0 unspecified atom stereocenters. The molecule has 170 valence electrons. The van der Waals surface area contributed by atoms with Gasteiger partial charge in [0.25, 0.3) is 11.8 Å². The van der Waals surface area contributed by atoms with Gasteiger partial charge in [-0.25, -0.2) is 14.4 Å². The monoisotopic (exact) mass is 446 g/mol. The number of amides is 2. The minimum atomic E-state index is -0.703. The summed E-state index contributed by atoms with van der Waals surface area (Å²) < 4.78 is 34.9. The molecule has 0 spiro atoms. The van der Waals surface area contributed by atoms with E-state index in [1.807, 2.05) is 9.80 Å². The maximum atomic E-state index is 15.0. The van der Waals surface area contributed by atoms with Crippen LogP contribution >= 0.6 is 0 Å². The molecule has 1 fully saturated rings. The largest absolute Gasteiger partial charge is 0.463 e. The molecule has 2 aliphatic heterocycles. The number of fused-ring (bicyclic) bond motifs is 1. The van der Waals surface area contributed by atoms with Crippen LogP contribution in [0.25, 0.3) is 0 Å². The molecule has 2 N–H and O–H groups in total. The minimum Gasteiger partial charge on any atom is -0.463 e. The van der Waals surface area contributed by atoms with Crippen LogP contribution in [0.15, 0.2) is 18.3 Å². The van der Waals surface area contributed by atoms with Gasteiger partial charge in [0.05, 0.1) is 5.69 Å². The highest BCUT2D eigenvalue weighted by atomic mass is 19.1. The zero-order valence-corrected chi connectivity index (χ0v) is 17.8. The molecule has 2 aromatic heterocycles. The standard InChI is InChI=1S/C21H24F2N6O3/c1-3-15-20(31)27-17-16(22)12(10-25-21(17)32-15)11-28-6-8-29(9-7-28)14-5-4-13(19(30)24-2)26-18(14)23/h4-5,10,15H,3,6-9,11H2,1-2H3,(H,24,30)(H,27,31)/t15-/m0/s1. The van der Waals surface area contributed by atoms with Crippen molar-refractivity contribution in [3.05, 3.63) is 41.4 Å². The second-order valence-corrected chi connectivity index (χ2v) is 7.63. The predicted octanol–water partition coefficient (Wildman–Crippen LogP) is 1.55. The van der Waals surface area contributed by atoms with E-state index >= 15 is 0 Å². The minimum absolute atomic E-state index is 0.0177. The van der Waals surface area contributed by atoms with E-state index in [1.54, 1.807) is 13.0 Å². The van der Waals surface area contributed by atoms with Crippen LogP contribution in [-0.4, -0.2) is 66.0 Å². The molecular weight excluding hydrogens is 422 g/mol. The third-order valence-electron chi connectivity index (χ3n) is 5.61. The summed E-state index contributed by atoms with van der Waals surface area (Å²) in [6.45, 7) is 4.24. The second kappa shape index (κ2) is 9.03. The summed E-state index contributed by atoms with van der Waals surface area (Å²) in [6.07, 6.45) is 1.21. The molecule has 1 atom stereocenters. The summed E-state index contributed by atoms with van der Waals surface area (Å²) >= 11 is 0. The zero-order chi connectivity index (χ0) is 22.8. The van der Waals surface area contributed by atoms with E-state index < -0.39 is 23.8 Å². The van der Waals surface area contributed by atoms with Crippen LogP contribution in [0.5, 0.6) is 5.88 Å². The van der Waals surface area contributed by atoms with Crippen LogP contribution in [0, 0.1) is 11.8 Å². The summed E-state index contributed by atoms with van der Waals surface area (Å²) in [7, 11) is 1.46. The molecule has 2 amide bonds. The van der Waals surface area contributed by atoms with E-state index in [4.69, 9.17) is 4.74 Å². The lowest BCUT2D eigenvalue weighted by atomic mass is 10.1. The first-order valence-corrected chi connectivity index (χ1v) is 10.4. The molecule has 0 bridgehead atoms. The van der Waals surface area contributed by atoms with Crippen LogP contribution in [0.2, 0.25) is 0 Å². The van der Waals surface area contributed by atoms with Gasteiger partial charge in [-0.2, -0.15) is 4.39 Å². The number of nitrogens with zero attached hydrogens (tertiary/aromatic N) is 4. The molecule has 2 aromatic rings. The van der Waals surface area contributed by atoms with E-state index in [0.717, 1.165) is 0 Å². The summed E-state index contributed by atoms with van der Waals surface area (Å²) in [6, 6.07) is 3.03. The number of nitrogens with one attached hydrogen (secondary N) is 2. The molecule has 0 aliphatic carbocycles. The van der Waals surface area contributed by atoms with Crippen molar-refractivity contribution < 1.29 is 23.1 Å². The van der Waals surface area contributed by atoms with Gasteiger partial charge in [0.1, 0.15) is 11.4 Å². The van der Waals surface area contributed by atoms with Gasteiger partial charge in [0.15, 0.2) is 11.9 Å². The van der Waals surface area contributed by atoms with Gasteiger partial charge in [0.2, 0.25) is 11.8 Å². The fourth-order valence-corrected chi connectivity index (χ4v) is 3.79. The maximum absolute atomic E-state index is 15.0. The van der Waals surface area contributed by atoms with E-state index in [2.05, 4.69) is 20.6 Å². The Balaban J connectivity index is 1.40. The summed E-state index contributed by atoms with van der Waals surface area (Å²) in [5, 5.41) is 4.97. The molecule has 11 heteroatoms. The van der Waals surface area contributed by atoms with Crippen molar-refractivity contribution >= 4 is 23.2 Å². The molecule has 0 aromatic carbocycles. The Hall–Kier alpha value is -3.34. The van der Waals surface area contributed by atoms with Crippen LogP contribution in [0.3, 0.4) is 0 Å². The Kier molecular flexibility index (Phi) is 6.17. The van der Waals surface area contributed by atoms with E-state index in [0.29, 0.717) is 50.4 Å². The average molecular weight is 446 g/mol. The number of ether oxygens (including phenoxy) is 1. The summed E-state index contributed by atoms with van der Waals surface area (Å²) in [5.41, 5.74) is 0.660. The number of piperazine rings is 1. The van der Waals surface area contributed by atoms with Gasteiger partial charge in [-0.1, -0.05) is 6.92 Å². The number of anilines is 2. The first kappa shape index (κ1) is 21.9. The number of halogens is 2. The second-order valence-electron chi connectivity index (χ2n) is 7.63. The molecule has 32 heavy (non-hydrogen) atoms. The van der Waals surface area contributed by atoms with Crippen molar-refractivity contribution in [2.24, 2.45) is 0 Å². The van der Waals surface area contributed by atoms with Crippen molar-refractivity contribution in [1.29, 1.82) is 0 Å². The lowest BCUT2D eigenvalue weighted by Gasteiger charge is -2.36. The SMILES string of the molecule is CC[C@@H]1Oc2ncc(CN3CCN(c4ccc(C(=O)NC)nc4F)CC3)c(F)c2NC1=O. The van der Waals surface area contributed by atoms with Crippen molar-refractivity contribution in [2.75, 3.05) is 43.4 Å². The van der Waals surface area contributed by atoms with Crippen LogP contribution in [-0.2, 0) is 11.3 Å². The summed E-state index contributed by atoms with van der Waals surface area (Å²) in [5.74, 6) is -2.01. The van der Waals surface area contributed by atoms with Crippen molar-refractivity contribution in [2.45, 2.75) is 26.0 Å². The Labute approximate surface area is 183 Å². The quantitative estimate of drug-likeness (QED) is 0.673. The fraction of sp³-hybridized carbons (Fsp3) is 0.429. The Bertz CT molecular complexity index is 1040. The molecular formula is C21H24F2N6O3. The third kappa shape index (κ3) is 4.20. The van der Waals surface area contributed by atoms with Crippen molar-refractivity contribution in [1.82, 2.24) is 20.2 Å². The van der Waals surface area contributed by atoms with Crippen LogP contribution in [0.1, 0.15) is 29.4 Å². The first-order valence-electron chi connectivity index (χ1n) is 10.4. The lowest BCUT2D eigenvalue weighted by Crippen LogP contribution is -2.46. The first-order chi connectivity index (χ1) is 15.4. The van der Waals surface area contributed by atoms with Gasteiger partial charge < -0.3 is 20.3 Å². The Morgan fingerprint density at radius 2 is 2.03 bits per heavy atom. The van der Waals surface area contributed by atoms with Gasteiger partial charge >= 0.3 is 0 Å². The maximum Gasteiger partial charge on any atom is 0.269 e. The third-order valence-corrected chi connectivity index (χ3v) is 5.61. The predicted molar refractivity (Wildman–Crippen MR) is 113 cm³/mol. The lowest BCUT2D eigenvalue weighted by molar-refractivity contribution is -0.123. The number of pyridine rings is 2. The van der Waals surface area contributed by atoms with Crippen molar-refractivity contribution in [3.63, 3.8) is 0 Å². The average Bonchev–Trinajstić information content (AvgIpc) is 2.81. The molecule has 4 rings (SSSR count). The van der Waals surface area contributed by atoms with Gasteiger partial charge in [-0.05, 0) is 18.6 Å². The highest BCUT2D eigenvalue weighted by Crippen LogP contribution is 2.33. The molecule has 1 saturated heterocycles. The van der Waals surface area contributed by atoms with Crippen LogP contribution < -0.4 is 20.3 Å². The van der Waals surface area contributed by atoms with E-state index in [1.165, 1.54) is 19.3 Å². The zero-order valence-electron chi connectivity index (χ0n) is 17.8. The van der Waals surface area contributed by atoms with E-state index in [-0.39, 0.29) is 23.2 Å². The topological polar surface area (TPSA) is 99.7 Å². The molecule has 9 nitrogen and oxygen atoms in total. The van der Waals surface area contributed by atoms with Crippen molar-refractivity contribution in [3.8, 4) is 5.88 Å². The number of carbonyl (C=O) groups is 2. The molecule has 0 radical (unpaired) electrons. The number of aromatic nitrogens is 2. The highest BCUT2D eigenvalue weighted by Gasteiger charge is 2.31. The summed E-state index contributed by atoms with van der Waals surface area (Å²) in [4.78, 5) is 35.4. The normalized spacial score (nSPS) is 18.6. The highest BCUT2D eigenvalue weighted by molar-refractivity contribution is 5.97. The number of rotatable bonds is 5. The molecule has 2 aliphatic rings.